The Kier molecular flexibility index (Phi) is 6.31. The van der Waals surface area contributed by atoms with Crippen molar-refractivity contribution in [3.63, 3.8) is 0 Å². The second-order valence-corrected chi connectivity index (χ2v) is 9.02. The molecule has 1 aromatic carbocycles. The minimum Gasteiger partial charge on any atom is -0.356 e. The summed E-state index contributed by atoms with van der Waals surface area (Å²) in [5.74, 6) is -2.04. The average molecular weight is 460 g/mol. The highest BCUT2D eigenvalue weighted by atomic mass is 32.1. The SMILES string of the molecule is Cc1sc2ncnc(N3CCC(C(=O)NCC(=O)Nc4ccc(F)c(F)c4)CC3)c2c1C. The third-order valence-electron chi connectivity index (χ3n) is 5.74. The van der Waals surface area contributed by atoms with E-state index in [4.69, 9.17) is 0 Å². The van der Waals surface area contributed by atoms with Crippen molar-refractivity contribution in [3.8, 4) is 0 Å². The van der Waals surface area contributed by atoms with E-state index in [2.05, 4.69) is 39.3 Å². The largest absolute Gasteiger partial charge is 0.356 e. The summed E-state index contributed by atoms with van der Waals surface area (Å²) < 4.78 is 26.2. The number of carbonyl (C=O) groups is 2. The molecule has 10 heteroatoms. The quantitative estimate of drug-likeness (QED) is 0.609. The normalized spacial score (nSPS) is 14.6. The zero-order valence-corrected chi connectivity index (χ0v) is 18.6. The summed E-state index contributed by atoms with van der Waals surface area (Å²) in [6.07, 6.45) is 2.87. The first-order chi connectivity index (χ1) is 15.3. The predicted octanol–water partition coefficient (Wildman–Crippen LogP) is 3.56. The van der Waals surface area contributed by atoms with Gasteiger partial charge in [-0.1, -0.05) is 0 Å². The molecular formula is C22H23F2N5O2S. The van der Waals surface area contributed by atoms with Gasteiger partial charge in [0, 0.05) is 35.6 Å². The van der Waals surface area contributed by atoms with E-state index in [1.165, 1.54) is 16.5 Å². The highest BCUT2D eigenvalue weighted by Crippen LogP contribution is 2.35. The standard InChI is InChI=1S/C22H23F2N5O2S/c1-12-13(2)32-22-19(12)20(26-11-27-22)29-7-5-14(6-8-29)21(31)25-10-18(30)28-15-3-4-16(23)17(24)9-15/h3-4,9,11,14H,5-8,10H2,1-2H3,(H,25,31)(H,28,30). The number of anilines is 2. The van der Waals surface area contributed by atoms with Gasteiger partial charge in [0.05, 0.1) is 11.9 Å². The van der Waals surface area contributed by atoms with Crippen molar-refractivity contribution in [1.29, 1.82) is 0 Å². The van der Waals surface area contributed by atoms with Crippen molar-refractivity contribution in [3.05, 3.63) is 46.6 Å². The maximum Gasteiger partial charge on any atom is 0.243 e. The number of aryl methyl sites for hydroxylation is 2. The van der Waals surface area contributed by atoms with Gasteiger partial charge in [0.1, 0.15) is 17.0 Å². The Bertz CT molecular complexity index is 1170. The molecule has 0 bridgehead atoms. The number of carbonyl (C=O) groups excluding carboxylic acids is 2. The number of benzene rings is 1. The molecule has 1 fully saturated rings. The number of rotatable bonds is 5. The maximum atomic E-state index is 13.2. The number of hydrogen-bond donors (Lipinski definition) is 2. The molecule has 0 radical (unpaired) electrons. The number of amides is 2. The van der Waals surface area contributed by atoms with E-state index in [0.717, 1.165) is 28.2 Å². The molecule has 32 heavy (non-hydrogen) atoms. The molecule has 0 aliphatic carbocycles. The highest BCUT2D eigenvalue weighted by Gasteiger charge is 2.27. The summed E-state index contributed by atoms with van der Waals surface area (Å²) in [7, 11) is 0. The highest BCUT2D eigenvalue weighted by molar-refractivity contribution is 7.18. The summed E-state index contributed by atoms with van der Waals surface area (Å²) in [5.41, 5.74) is 1.32. The molecule has 0 spiro atoms. The molecule has 0 saturated carbocycles. The number of piperidine rings is 1. The molecule has 1 aliphatic rings. The van der Waals surface area contributed by atoms with Crippen LogP contribution in [0.1, 0.15) is 23.3 Å². The number of aromatic nitrogens is 2. The molecule has 2 N–H and O–H groups in total. The van der Waals surface area contributed by atoms with Gasteiger partial charge in [-0.05, 0) is 44.4 Å². The average Bonchev–Trinajstić information content (AvgIpc) is 3.08. The molecule has 0 unspecified atom stereocenters. The predicted molar refractivity (Wildman–Crippen MR) is 120 cm³/mol. The maximum absolute atomic E-state index is 13.2. The number of nitrogens with zero attached hydrogens (tertiary/aromatic N) is 3. The number of halogens is 2. The van der Waals surface area contributed by atoms with Gasteiger partial charge in [-0.2, -0.15) is 0 Å². The topological polar surface area (TPSA) is 87.2 Å². The summed E-state index contributed by atoms with van der Waals surface area (Å²) in [6, 6.07) is 3.09. The lowest BCUT2D eigenvalue weighted by molar-refractivity contribution is -0.127. The lowest BCUT2D eigenvalue weighted by Gasteiger charge is -2.32. The fraction of sp³-hybridized carbons (Fsp3) is 0.364. The lowest BCUT2D eigenvalue weighted by Crippen LogP contribution is -2.42. The second kappa shape index (κ2) is 9.15. The van der Waals surface area contributed by atoms with Gasteiger partial charge in [0.25, 0.3) is 0 Å². The third-order valence-corrected chi connectivity index (χ3v) is 6.85. The van der Waals surface area contributed by atoms with E-state index in [9.17, 15) is 18.4 Å². The first kappa shape index (κ1) is 22.1. The van der Waals surface area contributed by atoms with Crippen LogP contribution >= 0.6 is 11.3 Å². The zero-order valence-electron chi connectivity index (χ0n) is 17.7. The van der Waals surface area contributed by atoms with E-state index < -0.39 is 17.5 Å². The molecule has 168 valence electrons. The second-order valence-electron chi connectivity index (χ2n) is 7.82. The molecule has 3 aromatic rings. The lowest BCUT2D eigenvalue weighted by atomic mass is 9.95. The third kappa shape index (κ3) is 4.55. The first-order valence-electron chi connectivity index (χ1n) is 10.3. The minimum atomic E-state index is -1.05. The van der Waals surface area contributed by atoms with Gasteiger partial charge in [0.15, 0.2) is 11.6 Å². The van der Waals surface area contributed by atoms with Crippen LogP contribution in [0.4, 0.5) is 20.3 Å². The molecule has 7 nitrogen and oxygen atoms in total. The summed E-state index contributed by atoms with van der Waals surface area (Å²) in [5, 5.41) is 6.15. The van der Waals surface area contributed by atoms with E-state index in [1.54, 1.807) is 17.7 Å². The molecule has 4 rings (SSSR count). The van der Waals surface area contributed by atoms with Crippen LogP contribution in [-0.2, 0) is 9.59 Å². The van der Waals surface area contributed by atoms with Gasteiger partial charge >= 0.3 is 0 Å². The van der Waals surface area contributed by atoms with Crippen LogP contribution < -0.4 is 15.5 Å². The zero-order chi connectivity index (χ0) is 22.8. The van der Waals surface area contributed by atoms with Crippen LogP contribution in [0.5, 0.6) is 0 Å². The van der Waals surface area contributed by atoms with Gasteiger partial charge in [0.2, 0.25) is 11.8 Å². The van der Waals surface area contributed by atoms with Gasteiger partial charge in [-0.25, -0.2) is 18.7 Å². The molecule has 2 aromatic heterocycles. The van der Waals surface area contributed by atoms with E-state index >= 15 is 0 Å². The fourth-order valence-corrected chi connectivity index (χ4v) is 4.84. The number of nitrogens with one attached hydrogen (secondary N) is 2. The van der Waals surface area contributed by atoms with Crippen LogP contribution in [0, 0.1) is 31.4 Å². The van der Waals surface area contributed by atoms with Gasteiger partial charge < -0.3 is 15.5 Å². The molecular weight excluding hydrogens is 436 g/mol. The van der Waals surface area contributed by atoms with Crippen LogP contribution in [0.2, 0.25) is 0 Å². The Hall–Kier alpha value is -3.14. The Morgan fingerprint density at radius 1 is 1.16 bits per heavy atom. The number of hydrogen-bond acceptors (Lipinski definition) is 6. The van der Waals surface area contributed by atoms with Crippen molar-refractivity contribution in [2.45, 2.75) is 26.7 Å². The Morgan fingerprint density at radius 2 is 1.91 bits per heavy atom. The van der Waals surface area contributed by atoms with Crippen LogP contribution in [0.25, 0.3) is 10.2 Å². The van der Waals surface area contributed by atoms with Gasteiger partial charge in [-0.3, -0.25) is 9.59 Å². The smallest absolute Gasteiger partial charge is 0.243 e. The summed E-state index contributed by atoms with van der Waals surface area (Å²) in [4.78, 5) is 37.8. The first-order valence-corrected chi connectivity index (χ1v) is 11.1. The van der Waals surface area contributed by atoms with E-state index in [0.29, 0.717) is 25.9 Å². The molecule has 0 atom stereocenters. The van der Waals surface area contributed by atoms with Crippen LogP contribution in [0.15, 0.2) is 24.5 Å². The molecule has 3 heterocycles. The van der Waals surface area contributed by atoms with Crippen LogP contribution in [-0.4, -0.2) is 41.4 Å². The Balaban J connectivity index is 1.30. The van der Waals surface area contributed by atoms with Crippen LogP contribution in [0.3, 0.4) is 0 Å². The van der Waals surface area contributed by atoms with E-state index in [-0.39, 0.29) is 24.1 Å². The molecule has 1 aliphatic heterocycles. The van der Waals surface area contributed by atoms with Gasteiger partial charge in [-0.15, -0.1) is 11.3 Å². The molecule has 1 saturated heterocycles. The van der Waals surface area contributed by atoms with Crippen molar-refractivity contribution in [1.82, 2.24) is 15.3 Å². The molecule has 2 amide bonds. The van der Waals surface area contributed by atoms with E-state index in [1.807, 2.05) is 0 Å². The van der Waals surface area contributed by atoms with Crippen molar-refractivity contribution >= 4 is 44.9 Å². The number of thiophene rings is 1. The number of fused-ring (bicyclic) bond motifs is 1. The van der Waals surface area contributed by atoms with Crippen molar-refractivity contribution in [2.24, 2.45) is 5.92 Å². The summed E-state index contributed by atoms with van der Waals surface area (Å²) in [6.45, 7) is 5.27. The van der Waals surface area contributed by atoms with Crippen molar-refractivity contribution in [2.75, 3.05) is 29.9 Å². The Morgan fingerprint density at radius 3 is 2.62 bits per heavy atom. The Labute approximate surface area is 187 Å². The monoisotopic (exact) mass is 459 g/mol. The van der Waals surface area contributed by atoms with Crippen molar-refractivity contribution < 1.29 is 18.4 Å². The summed E-state index contributed by atoms with van der Waals surface area (Å²) >= 11 is 1.65. The minimum absolute atomic E-state index is 0.131. The fourth-order valence-electron chi connectivity index (χ4n) is 3.85.